The maximum Gasteiger partial charge on any atom is 0.368 e. The Hall–Kier alpha value is -0.390. The number of hydrogen-bond acceptors (Lipinski definition) is 4. The van der Waals surface area contributed by atoms with Crippen LogP contribution in [0.5, 0.6) is 11.5 Å². The van der Waals surface area contributed by atoms with Crippen LogP contribution in [0.4, 0.5) is 0 Å². The average Bonchev–Trinajstić information content (AvgIpc) is 2.79. The van der Waals surface area contributed by atoms with Crippen LogP contribution in [-0.2, 0) is 15.7 Å². The Labute approximate surface area is 230 Å². The van der Waals surface area contributed by atoms with Crippen LogP contribution in [0.3, 0.4) is 0 Å². The quantitative estimate of drug-likeness (QED) is 0.145. The Morgan fingerprint density at radius 3 is 2.06 bits per heavy atom. The first-order valence-electron chi connectivity index (χ1n) is 11.3. The summed E-state index contributed by atoms with van der Waals surface area (Å²) in [7, 11) is -2.88. The summed E-state index contributed by atoms with van der Waals surface area (Å²) in [6.45, 7) is 12.1. The van der Waals surface area contributed by atoms with Gasteiger partial charge in [0.05, 0.1) is 7.14 Å². The Morgan fingerprint density at radius 2 is 1.62 bits per heavy atom. The molecular weight excluding hydrogens is 681 g/mol. The van der Waals surface area contributed by atoms with Crippen molar-refractivity contribution in [3.05, 3.63) is 53.2 Å². The van der Waals surface area contributed by atoms with Crippen molar-refractivity contribution < 1.29 is 28.6 Å². The summed E-state index contributed by atoms with van der Waals surface area (Å²) in [5, 5.41) is -1.53. The monoisotopic (exact) mass is 716 g/mol. The van der Waals surface area contributed by atoms with Crippen molar-refractivity contribution in [3.63, 3.8) is 0 Å². The highest BCUT2D eigenvalue weighted by atomic mass is 127. The summed E-state index contributed by atoms with van der Waals surface area (Å²) in [5.41, 5.74) is 5.62. The van der Waals surface area contributed by atoms with E-state index in [9.17, 15) is 14.4 Å². The summed E-state index contributed by atoms with van der Waals surface area (Å²) >= 11 is 4.48. The van der Waals surface area contributed by atoms with Gasteiger partial charge in [-0.25, -0.2) is 0 Å². The lowest BCUT2D eigenvalue weighted by Crippen LogP contribution is -2.35. The fourth-order valence-corrected chi connectivity index (χ4v) is 6.97. The fraction of sp³-hybridized carbons (Fsp3) is 0.520. The maximum absolute atomic E-state index is 12.3. The third-order valence-electron chi connectivity index (χ3n) is 6.30. The molecule has 0 amide bonds. The molecular formula is C25H35I2O6P. The second-order valence-corrected chi connectivity index (χ2v) is 12.8. The number of methoxy groups -OCH3 is 1. The zero-order valence-corrected chi connectivity index (χ0v) is 26.1. The molecule has 190 valence electrons. The summed E-state index contributed by atoms with van der Waals surface area (Å²) in [5.74, 6) is 1.68. The molecule has 0 radical (unpaired) electrons. The predicted octanol–water partition coefficient (Wildman–Crippen LogP) is 7.28. The van der Waals surface area contributed by atoms with Gasteiger partial charge in [0.2, 0.25) is 5.34 Å². The number of rotatable bonds is 11. The van der Waals surface area contributed by atoms with E-state index in [1.54, 1.807) is 21.0 Å². The van der Waals surface area contributed by atoms with Gasteiger partial charge in [-0.05, 0) is 118 Å². The summed E-state index contributed by atoms with van der Waals surface area (Å²) in [6.07, 6.45) is 1.17. The van der Waals surface area contributed by atoms with Crippen LogP contribution in [0.15, 0.2) is 18.2 Å². The Morgan fingerprint density at radius 1 is 1.06 bits per heavy atom. The lowest BCUT2D eigenvalue weighted by atomic mass is 9.92. The minimum atomic E-state index is -4.49. The van der Waals surface area contributed by atoms with Crippen molar-refractivity contribution in [1.82, 2.24) is 0 Å². The van der Waals surface area contributed by atoms with Gasteiger partial charge in [-0.3, -0.25) is 4.57 Å². The fourth-order valence-electron chi connectivity index (χ4n) is 4.01. The second kappa shape index (κ2) is 12.2. The van der Waals surface area contributed by atoms with E-state index in [1.165, 1.54) is 11.1 Å². The SMILES string of the molecule is CCC(CC)(Oc1c(I)c(C)c(Cc2ccc(OCOC)c(C(C)C)c2)c(C)c1I)P(=O)(O)O. The van der Waals surface area contributed by atoms with E-state index >= 15 is 0 Å². The lowest BCUT2D eigenvalue weighted by Gasteiger charge is -2.34. The number of benzene rings is 2. The smallest absolute Gasteiger partial charge is 0.368 e. The van der Waals surface area contributed by atoms with E-state index in [0.717, 1.165) is 36.0 Å². The van der Waals surface area contributed by atoms with Crippen LogP contribution in [0.1, 0.15) is 74.3 Å². The van der Waals surface area contributed by atoms with Gasteiger partial charge in [0.1, 0.15) is 11.5 Å². The van der Waals surface area contributed by atoms with E-state index in [1.807, 2.05) is 19.9 Å². The van der Waals surface area contributed by atoms with E-state index in [2.05, 4.69) is 71.2 Å². The molecule has 0 saturated heterocycles. The van der Waals surface area contributed by atoms with Crippen molar-refractivity contribution in [3.8, 4) is 11.5 Å². The molecule has 6 nitrogen and oxygen atoms in total. The zero-order valence-electron chi connectivity index (χ0n) is 20.9. The number of ether oxygens (including phenoxy) is 3. The normalized spacial score (nSPS) is 12.4. The van der Waals surface area contributed by atoms with Gasteiger partial charge in [-0.1, -0.05) is 39.8 Å². The number of hydrogen-bond donors (Lipinski definition) is 2. The highest BCUT2D eigenvalue weighted by molar-refractivity contribution is 14.1. The first kappa shape index (κ1) is 29.8. The molecule has 34 heavy (non-hydrogen) atoms. The van der Waals surface area contributed by atoms with Gasteiger partial charge in [-0.2, -0.15) is 0 Å². The van der Waals surface area contributed by atoms with Crippen molar-refractivity contribution in [2.24, 2.45) is 0 Å². The highest BCUT2D eigenvalue weighted by Gasteiger charge is 2.47. The molecule has 2 aromatic rings. The zero-order chi connectivity index (χ0) is 25.8. The van der Waals surface area contributed by atoms with Crippen LogP contribution in [0.25, 0.3) is 0 Å². The standard InChI is InChI=1S/C25H35I2O6P/c1-8-25(9-2,34(28,29)30)33-24-22(26)16(5)20(17(6)23(24)27)13-18-10-11-21(32-14-31-7)19(12-18)15(3)4/h10-12,15H,8-9,13-14H2,1-7H3,(H2,28,29,30). The van der Waals surface area contributed by atoms with Crippen molar-refractivity contribution >= 4 is 52.8 Å². The van der Waals surface area contributed by atoms with Gasteiger partial charge in [0.25, 0.3) is 0 Å². The average molecular weight is 716 g/mol. The van der Waals surface area contributed by atoms with Crippen molar-refractivity contribution in [1.29, 1.82) is 0 Å². The molecule has 0 bridgehead atoms. The minimum absolute atomic E-state index is 0.209. The molecule has 0 aliphatic carbocycles. The molecule has 0 fully saturated rings. The molecule has 2 N–H and O–H groups in total. The van der Waals surface area contributed by atoms with Crippen LogP contribution >= 0.6 is 52.8 Å². The van der Waals surface area contributed by atoms with Gasteiger partial charge in [-0.15, -0.1) is 0 Å². The molecule has 9 heteroatoms. The molecule has 0 atom stereocenters. The molecule has 0 heterocycles. The predicted molar refractivity (Wildman–Crippen MR) is 153 cm³/mol. The Kier molecular flexibility index (Phi) is 10.7. The number of halogens is 2. The summed E-state index contributed by atoms with van der Waals surface area (Å²) < 4.78 is 31.1. The highest BCUT2D eigenvalue weighted by Crippen LogP contribution is 2.56. The second-order valence-electron chi connectivity index (χ2n) is 8.74. The molecule has 2 rings (SSSR count). The molecule has 0 aromatic heterocycles. The van der Waals surface area contributed by atoms with E-state index in [0.29, 0.717) is 11.7 Å². The summed E-state index contributed by atoms with van der Waals surface area (Å²) in [6, 6.07) is 6.26. The van der Waals surface area contributed by atoms with Crippen LogP contribution in [0.2, 0.25) is 0 Å². The van der Waals surface area contributed by atoms with E-state index in [4.69, 9.17) is 14.2 Å². The first-order valence-corrected chi connectivity index (χ1v) is 15.1. The molecule has 0 spiro atoms. The van der Waals surface area contributed by atoms with Gasteiger partial charge < -0.3 is 24.0 Å². The van der Waals surface area contributed by atoms with Gasteiger partial charge >= 0.3 is 7.60 Å². The first-order chi connectivity index (χ1) is 15.8. The largest absolute Gasteiger partial charge is 0.472 e. The molecule has 2 aromatic carbocycles. The van der Waals surface area contributed by atoms with Gasteiger partial charge in [0, 0.05) is 7.11 Å². The molecule has 0 saturated carbocycles. The third kappa shape index (κ3) is 6.29. The van der Waals surface area contributed by atoms with Crippen molar-refractivity contribution in [2.75, 3.05) is 13.9 Å². The minimum Gasteiger partial charge on any atom is -0.472 e. The molecule has 0 aliphatic heterocycles. The van der Waals surface area contributed by atoms with E-state index in [-0.39, 0.29) is 19.6 Å². The van der Waals surface area contributed by atoms with E-state index < -0.39 is 12.9 Å². The summed E-state index contributed by atoms with van der Waals surface area (Å²) in [4.78, 5) is 20.1. The van der Waals surface area contributed by atoms with Crippen LogP contribution < -0.4 is 9.47 Å². The van der Waals surface area contributed by atoms with Crippen molar-refractivity contribution in [2.45, 2.75) is 72.1 Å². The Bertz CT molecular complexity index is 1030. The van der Waals surface area contributed by atoms with Crippen LogP contribution in [-0.4, -0.2) is 29.0 Å². The molecule has 0 unspecified atom stereocenters. The third-order valence-corrected chi connectivity index (χ3v) is 10.7. The van der Waals surface area contributed by atoms with Crippen LogP contribution in [0, 0.1) is 21.0 Å². The molecule has 0 aliphatic rings. The topological polar surface area (TPSA) is 85.2 Å². The Balaban J connectivity index is 2.53. The lowest BCUT2D eigenvalue weighted by molar-refractivity contribution is 0.0502. The maximum atomic E-state index is 12.3. The van der Waals surface area contributed by atoms with Gasteiger partial charge in [0.15, 0.2) is 6.79 Å².